The molecule has 11 nitrogen and oxygen atoms in total. The van der Waals surface area contributed by atoms with Crippen LogP contribution in [0.1, 0.15) is 24.6 Å². The fourth-order valence-electron chi connectivity index (χ4n) is 4.43. The van der Waals surface area contributed by atoms with Gasteiger partial charge in [-0.05, 0) is 46.8 Å². The van der Waals surface area contributed by atoms with Crippen LogP contribution in [-0.2, 0) is 15.8 Å². The smallest absolute Gasteiger partial charge is 0.325 e. The first-order valence-corrected chi connectivity index (χ1v) is 13.5. The fourth-order valence-corrected chi connectivity index (χ4v) is 5.19. The predicted octanol–water partition coefficient (Wildman–Crippen LogP) is 2.82. The van der Waals surface area contributed by atoms with Gasteiger partial charge < -0.3 is 30.1 Å². The minimum Gasteiger partial charge on any atom is -0.388 e. The topological polar surface area (TPSA) is 163 Å². The minimum atomic E-state index is -4.16. The summed E-state index contributed by atoms with van der Waals surface area (Å²) in [5.41, 5.74) is 1.75. The molecule has 3 heterocycles. The first-order valence-electron chi connectivity index (χ1n) is 11.4. The minimum absolute atomic E-state index is 0.0310. The number of halogens is 1. The highest BCUT2D eigenvalue weighted by Gasteiger charge is 2.44. The molecule has 0 bridgehead atoms. The second-order valence-electron chi connectivity index (χ2n) is 8.78. The third-order valence-corrected chi connectivity index (χ3v) is 7.29. The third-order valence-electron chi connectivity index (χ3n) is 6.22. The molecule has 2 aromatic heterocycles. The Labute approximate surface area is 210 Å². The summed E-state index contributed by atoms with van der Waals surface area (Å²) >= 11 is 6.19. The Balaban J connectivity index is 1.35. The molecule has 2 unspecified atom stereocenters. The van der Waals surface area contributed by atoms with Crippen LogP contribution in [-0.4, -0.2) is 64.0 Å². The van der Waals surface area contributed by atoms with Crippen LogP contribution in [0.25, 0.3) is 21.9 Å². The Morgan fingerprint density at radius 2 is 1.86 bits per heavy atom. The van der Waals surface area contributed by atoms with Crippen molar-refractivity contribution in [3.63, 3.8) is 0 Å². The number of nitrogens with one attached hydrogen (secondary N) is 1. The zero-order valence-electron chi connectivity index (χ0n) is 19.0. The van der Waals surface area contributed by atoms with E-state index >= 15 is 0 Å². The lowest BCUT2D eigenvalue weighted by molar-refractivity contribution is -0.0370. The molecule has 0 amide bonds. The number of fused-ring (bicyclic) bond motifs is 2. The van der Waals surface area contributed by atoms with E-state index in [0.717, 1.165) is 16.3 Å². The van der Waals surface area contributed by atoms with Crippen LogP contribution in [0, 0.1) is 0 Å². The Kier molecular flexibility index (Phi) is 6.97. The molecule has 4 aromatic rings. The van der Waals surface area contributed by atoms with Crippen LogP contribution in [0.15, 0.2) is 48.8 Å². The number of nitrogens with zero attached hydrogens (tertiary/aromatic N) is 4. The normalized spacial score (nSPS) is 22.5. The molecule has 1 fully saturated rings. The van der Waals surface area contributed by atoms with Crippen molar-refractivity contribution >= 4 is 47.0 Å². The predicted molar refractivity (Wildman–Crippen MR) is 134 cm³/mol. The van der Waals surface area contributed by atoms with Gasteiger partial charge in [0.1, 0.15) is 12.2 Å². The van der Waals surface area contributed by atoms with Gasteiger partial charge >= 0.3 is 7.60 Å². The van der Waals surface area contributed by atoms with Crippen LogP contribution >= 0.6 is 19.2 Å². The number of aromatic nitrogens is 4. The highest BCUT2D eigenvalue weighted by molar-refractivity contribution is 7.51. The van der Waals surface area contributed by atoms with Gasteiger partial charge in [0.2, 0.25) is 5.28 Å². The van der Waals surface area contributed by atoms with Crippen molar-refractivity contribution in [2.45, 2.75) is 43.9 Å². The zero-order valence-corrected chi connectivity index (χ0v) is 20.6. The monoisotopic (exact) mass is 533 g/mol. The zero-order chi connectivity index (χ0) is 25.4. The van der Waals surface area contributed by atoms with Crippen LogP contribution in [0.4, 0.5) is 5.82 Å². The second-order valence-corrected chi connectivity index (χ2v) is 10.9. The van der Waals surface area contributed by atoms with Gasteiger partial charge in [0, 0.05) is 12.7 Å². The number of imidazole rings is 1. The maximum atomic E-state index is 11.1. The SMILES string of the molecule is O=P(O)(O)CCC[C@H]1O[C@@H](n2cnc3c(NCc4ccc5ccccc5c4)nc(Cl)nc32)C(O)C1O. The second kappa shape index (κ2) is 10.0. The summed E-state index contributed by atoms with van der Waals surface area (Å²) in [5, 5.41) is 26.6. The van der Waals surface area contributed by atoms with Crippen molar-refractivity contribution in [1.29, 1.82) is 0 Å². The van der Waals surface area contributed by atoms with Crippen molar-refractivity contribution in [2.24, 2.45) is 0 Å². The van der Waals surface area contributed by atoms with E-state index in [2.05, 4.69) is 26.3 Å². The number of ether oxygens (including phenoxy) is 1. The number of rotatable bonds is 8. The Morgan fingerprint density at radius 1 is 1.08 bits per heavy atom. The number of benzene rings is 2. The third kappa shape index (κ3) is 5.23. The van der Waals surface area contributed by atoms with E-state index in [0.29, 0.717) is 23.5 Å². The van der Waals surface area contributed by atoms with Crippen LogP contribution in [0.2, 0.25) is 5.28 Å². The average molecular weight is 534 g/mol. The van der Waals surface area contributed by atoms with Crippen molar-refractivity contribution in [2.75, 3.05) is 11.5 Å². The largest absolute Gasteiger partial charge is 0.388 e. The van der Waals surface area contributed by atoms with Crippen LogP contribution in [0.3, 0.4) is 0 Å². The highest BCUT2D eigenvalue weighted by atomic mass is 35.5. The number of aliphatic hydroxyl groups is 2. The van der Waals surface area contributed by atoms with E-state index in [-0.39, 0.29) is 24.3 Å². The van der Waals surface area contributed by atoms with Gasteiger partial charge in [0.15, 0.2) is 23.2 Å². The van der Waals surface area contributed by atoms with Crippen LogP contribution < -0.4 is 5.32 Å². The first-order chi connectivity index (χ1) is 17.2. The summed E-state index contributed by atoms with van der Waals surface area (Å²) in [6.45, 7) is 0.461. The average Bonchev–Trinajstić information content (AvgIpc) is 3.37. The molecule has 190 valence electrons. The molecule has 36 heavy (non-hydrogen) atoms. The fraction of sp³-hybridized carbons (Fsp3) is 0.348. The Bertz CT molecular complexity index is 1450. The van der Waals surface area contributed by atoms with E-state index in [4.69, 9.17) is 26.1 Å². The summed E-state index contributed by atoms with van der Waals surface area (Å²) < 4.78 is 18.4. The summed E-state index contributed by atoms with van der Waals surface area (Å²) in [6, 6.07) is 14.2. The van der Waals surface area contributed by atoms with Gasteiger partial charge in [-0.3, -0.25) is 9.13 Å². The van der Waals surface area contributed by atoms with Gasteiger partial charge in [0.25, 0.3) is 0 Å². The lowest BCUT2D eigenvalue weighted by atomic mass is 10.1. The maximum Gasteiger partial charge on any atom is 0.325 e. The molecular formula is C23H25ClN5O6P. The molecule has 0 aliphatic carbocycles. The molecule has 1 aliphatic rings. The lowest BCUT2D eigenvalue weighted by Gasteiger charge is -2.17. The Hall–Kier alpha value is -2.63. The van der Waals surface area contributed by atoms with Crippen molar-refractivity contribution in [3.8, 4) is 0 Å². The maximum absolute atomic E-state index is 11.1. The van der Waals surface area contributed by atoms with Crippen molar-refractivity contribution < 1.29 is 29.3 Å². The van der Waals surface area contributed by atoms with Gasteiger partial charge in [-0.2, -0.15) is 9.97 Å². The highest BCUT2D eigenvalue weighted by Crippen LogP contribution is 2.38. The Morgan fingerprint density at radius 3 is 2.64 bits per heavy atom. The van der Waals surface area contributed by atoms with Crippen LogP contribution in [0.5, 0.6) is 0 Å². The lowest BCUT2D eigenvalue weighted by Crippen LogP contribution is -2.31. The number of anilines is 1. The quantitative estimate of drug-likeness (QED) is 0.168. The summed E-state index contributed by atoms with van der Waals surface area (Å²) in [5.74, 6) is 0.406. The number of hydrogen-bond acceptors (Lipinski definition) is 8. The molecule has 1 aliphatic heterocycles. The molecule has 0 radical (unpaired) electrons. The first kappa shape index (κ1) is 25.0. The van der Waals surface area contributed by atoms with E-state index in [1.54, 1.807) is 0 Å². The molecule has 2 aromatic carbocycles. The molecule has 5 N–H and O–H groups in total. The van der Waals surface area contributed by atoms with Gasteiger partial charge in [-0.25, -0.2) is 4.98 Å². The molecule has 0 saturated carbocycles. The summed E-state index contributed by atoms with van der Waals surface area (Å²) in [6.07, 6.45) is -2.97. The molecule has 5 rings (SSSR count). The van der Waals surface area contributed by atoms with Crippen molar-refractivity contribution in [3.05, 3.63) is 59.6 Å². The summed E-state index contributed by atoms with van der Waals surface area (Å²) in [7, 11) is -4.16. The van der Waals surface area contributed by atoms with E-state index < -0.39 is 32.1 Å². The number of hydrogen-bond donors (Lipinski definition) is 5. The van der Waals surface area contributed by atoms with Gasteiger partial charge in [-0.15, -0.1) is 0 Å². The molecule has 4 atom stereocenters. The molecule has 13 heteroatoms. The summed E-state index contributed by atoms with van der Waals surface area (Å²) in [4.78, 5) is 31.0. The molecule has 1 saturated heterocycles. The number of aliphatic hydroxyl groups excluding tert-OH is 2. The van der Waals surface area contributed by atoms with Gasteiger partial charge in [0.05, 0.1) is 12.4 Å². The van der Waals surface area contributed by atoms with E-state index in [9.17, 15) is 14.8 Å². The van der Waals surface area contributed by atoms with Gasteiger partial charge in [-0.1, -0.05) is 36.4 Å². The van der Waals surface area contributed by atoms with E-state index in [1.165, 1.54) is 10.9 Å². The molecule has 0 spiro atoms. The standard InChI is InChI=1S/C23H25ClN5O6P/c24-23-27-20(25-11-13-7-8-14-4-1-2-5-15(14)10-13)17-21(28-23)29(12-26-17)22-19(31)18(30)16(35-22)6-3-9-36(32,33)34/h1-2,4-5,7-8,10,12,16,18-19,22,30-31H,3,6,9,11H2,(H,25,27,28)(H2,32,33,34)/t16-,18?,19?,22-/m1/s1. The van der Waals surface area contributed by atoms with Crippen molar-refractivity contribution in [1.82, 2.24) is 19.5 Å². The molecular weight excluding hydrogens is 509 g/mol. The van der Waals surface area contributed by atoms with E-state index in [1.807, 2.05) is 36.4 Å².